The molecule has 1 heterocycles. The number of nitrogens with two attached hydrogens (primary N) is 1. The molecule has 1 aliphatic rings. The first kappa shape index (κ1) is 11.1. The van der Waals surface area contributed by atoms with Crippen LogP contribution in [0, 0.1) is 0 Å². The number of rotatable bonds is 2. The van der Waals surface area contributed by atoms with Gasteiger partial charge in [-0.1, -0.05) is 28.1 Å². The van der Waals surface area contributed by atoms with Gasteiger partial charge in [-0.05, 0) is 30.5 Å². The summed E-state index contributed by atoms with van der Waals surface area (Å²) in [5.74, 6) is 0. The number of halogens is 1. The summed E-state index contributed by atoms with van der Waals surface area (Å²) in [5, 5.41) is 0. The van der Waals surface area contributed by atoms with Crippen molar-refractivity contribution < 1.29 is 0 Å². The van der Waals surface area contributed by atoms with Crippen LogP contribution in [-0.2, 0) is 13.0 Å². The van der Waals surface area contributed by atoms with Crippen LogP contribution < -0.4 is 5.73 Å². The van der Waals surface area contributed by atoms with Crippen LogP contribution in [0.3, 0.4) is 0 Å². The highest BCUT2D eigenvalue weighted by Crippen LogP contribution is 2.26. The third-order valence-corrected chi connectivity index (χ3v) is 3.58. The molecule has 0 spiro atoms. The zero-order valence-corrected chi connectivity index (χ0v) is 10.6. The average molecular weight is 269 g/mol. The first-order valence-electron chi connectivity index (χ1n) is 5.41. The molecule has 1 unspecified atom stereocenters. The number of hydrogen-bond acceptors (Lipinski definition) is 2. The van der Waals surface area contributed by atoms with Crippen LogP contribution in [0.4, 0.5) is 0 Å². The first-order chi connectivity index (χ1) is 7.16. The molecule has 0 aromatic heterocycles. The second-order valence-electron chi connectivity index (χ2n) is 4.34. The Balaban J connectivity index is 2.15. The molecule has 3 heteroatoms. The first-order valence-corrected chi connectivity index (χ1v) is 6.20. The SMILES string of the molecule is CC(N)CN1CCc2cccc(Br)c2C1. The molecule has 2 rings (SSSR count). The van der Waals surface area contributed by atoms with E-state index in [0.717, 1.165) is 26.1 Å². The maximum absolute atomic E-state index is 5.83. The Morgan fingerprint density at radius 3 is 3.07 bits per heavy atom. The summed E-state index contributed by atoms with van der Waals surface area (Å²) >= 11 is 3.62. The normalized spacial score (nSPS) is 18.6. The Bertz CT molecular complexity index is 349. The van der Waals surface area contributed by atoms with E-state index >= 15 is 0 Å². The molecule has 1 atom stereocenters. The van der Waals surface area contributed by atoms with Crippen molar-refractivity contribution in [1.29, 1.82) is 0 Å². The van der Waals surface area contributed by atoms with Gasteiger partial charge in [-0.25, -0.2) is 0 Å². The van der Waals surface area contributed by atoms with Crippen LogP contribution in [0.25, 0.3) is 0 Å². The summed E-state index contributed by atoms with van der Waals surface area (Å²) in [4.78, 5) is 2.43. The fraction of sp³-hybridized carbons (Fsp3) is 0.500. The van der Waals surface area contributed by atoms with Crippen LogP contribution in [0.15, 0.2) is 22.7 Å². The van der Waals surface area contributed by atoms with Crippen LogP contribution in [0.1, 0.15) is 18.1 Å². The van der Waals surface area contributed by atoms with Crippen molar-refractivity contribution >= 4 is 15.9 Å². The molecule has 0 aliphatic carbocycles. The second-order valence-corrected chi connectivity index (χ2v) is 5.19. The molecule has 0 bridgehead atoms. The van der Waals surface area contributed by atoms with Gasteiger partial charge in [-0.3, -0.25) is 4.90 Å². The second kappa shape index (κ2) is 4.64. The zero-order valence-electron chi connectivity index (χ0n) is 9.04. The molecular weight excluding hydrogens is 252 g/mol. The van der Waals surface area contributed by atoms with E-state index in [2.05, 4.69) is 46.0 Å². The largest absolute Gasteiger partial charge is 0.327 e. The summed E-state index contributed by atoms with van der Waals surface area (Å²) in [7, 11) is 0. The lowest BCUT2D eigenvalue weighted by Crippen LogP contribution is -2.38. The third-order valence-electron chi connectivity index (χ3n) is 2.84. The fourth-order valence-corrected chi connectivity index (χ4v) is 2.69. The minimum absolute atomic E-state index is 0.258. The van der Waals surface area contributed by atoms with Gasteiger partial charge in [0.25, 0.3) is 0 Å². The van der Waals surface area contributed by atoms with E-state index in [1.165, 1.54) is 15.6 Å². The molecule has 15 heavy (non-hydrogen) atoms. The van der Waals surface area contributed by atoms with Crippen molar-refractivity contribution in [1.82, 2.24) is 4.90 Å². The Hall–Kier alpha value is -0.380. The van der Waals surface area contributed by atoms with Gasteiger partial charge in [0.05, 0.1) is 0 Å². The monoisotopic (exact) mass is 268 g/mol. The molecule has 1 aromatic carbocycles. The molecule has 0 saturated carbocycles. The Labute approximate surface area is 99.6 Å². The van der Waals surface area contributed by atoms with Crippen molar-refractivity contribution in [2.75, 3.05) is 13.1 Å². The Morgan fingerprint density at radius 2 is 2.33 bits per heavy atom. The van der Waals surface area contributed by atoms with Crippen LogP contribution in [-0.4, -0.2) is 24.0 Å². The van der Waals surface area contributed by atoms with Crippen LogP contribution in [0.2, 0.25) is 0 Å². The number of fused-ring (bicyclic) bond motifs is 1. The van der Waals surface area contributed by atoms with Crippen molar-refractivity contribution in [3.63, 3.8) is 0 Å². The lowest BCUT2D eigenvalue weighted by molar-refractivity contribution is 0.242. The molecule has 82 valence electrons. The van der Waals surface area contributed by atoms with E-state index in [4.69, 9.17) is 5.73 Å². The Morgan fingerprint density at radius 1 is 1.53 bits per heavy atom. The lowest BCUT2D eigenvalue weighted by atomic mass is 10.00. The van der Waals surface area contributed by atoms with E-state index < -0.39 is 0 Å². The fourth-order valence-electron chi connectivity index (χ4n) is 2.16. The van der Waals surface area contributed by atoms with E-state index in [1.54, 1.807) is 0 Å². The molecule has 0 radical (unpaired) electrons. The lowest BCUT2D eigenvalue weighted by Gasteiger charge is -2.30. The molecule has 0 saturated heterocycles. The van der Waals surface area contributed by atoms with E-state index in [-0.39, 0.29) is 6.04 Å². The highest BCUT2D eigenvalue weighted by molar-refractivity contribution is 9.10. The standard InChI is InChI=1S/C12H17BrN2/c1-9(14)7-15-6-5-10-3-2-4-12(13)11(10)8-15/h2-4,9H,5-8,14H2,1H3. The minimum Gasteiger partial charge on any atom is -0.327 e. The van der Waals surface area contributed by atoms with Gasteiger partial charge >= 0.3 is 0 Å². The van der Waals surface area contributed by atoms with Crippen LogP contribution in [0.5, 0.6) is 0 Å². The molecule has 0 amide bonds. The summed E-state index contributed by atoms with van der Waals surface area (Å²) in [6.45, 7) is 5.21. The summed E-state index contributed by atoms with van der Waals surface area (Å²) in [6.07, 6.45) is 1.14. The average Bonchev–Trinajstić information content (AvgIpc) is 2.18. The summed E-state index contributed by atoms with van der Waals surface area (Å²) in [6, 6.07) is 6.72. The van der Waals surface area contributed by atoms with E-state index in [1.807, 2.05) is 0 Å². The van der Waals surface area contributed by atoms with Gasteiger partial charge in [-0.15, -0.1) is 0 Å². The maximum Gasteiger partial charge on any atom is 0.0248 e. The van der Waals surface area contributed by atoms with Gasteiger partial charge in [0.15, 0.2) is 0 Å². The molecule has 2 N–H and O–H groups in total. The summed E-state index contributed by atoms with van der Waals surface area (Å²) in [5.41, 5.74) is 8.74. The van der Waals surface area contributed by atoms with Crippen molar-refractivity contribution in [2.24, 2.45) is 5.73 Å². The summed E-state index contributed by atoms with van der Waals surface area (Å²) < 4.78 is 1.23. The van der Waals surface area contributed by atoms with Gasteiger partial charge in [0.1, 0.15) is 0 Å². The molecule has 1 aliphatic heterocycles. The molecule has 0 fully saturated rings. The van der Waals surface area contributed by atoms with Gasteiger partial charge < -0.3 is 5.73 Å². The van der Waals surface area contributed by atoms with E-state index in [0.29, 0.717) is 0 Å². The smallest absolute Gasteiger partial charge is 0.0248 e. The highest BCUT2D eigenvalue weighted by atomic mass is 79.9. The quantitative estimate of drug-likeness (QED) is 0.891. The minimum atomic E-state index is 0.258. The molecule has 2 nitrogen and oxygen atoms in total. The topological polar surface area (TPSA) is 29.3 Å². The van der Waals surface area contributed by atoms with E-state index in [9.17, 15) is 0 Å². The van der Waals surface area contributed by atoms with Gasteiger partial charge in [0.2, 0.25) is 0 Å². The van der Waals surface area contributed by atoms with Crippen molar-refractivity contribution in [2.45, 2.75) is 25.9 Å². The Kier molecular flexibility index (Phi) is 3.44. The van der Waals surface area contributed by atoms with Gasteiger partial charge in [0, 0.05) is 30.1 Å². The zero-order chi connectivity index (χ0) is 10.8. The third kappa shape index (κ3) is 2.60. The number of hydrogen-bond donors (Lipinski definition) is 1. The van der Waals surface area contributed by atoms with Crippen molar-refractivity contribution in [3.8, 4) is 0 Å². The maximum atomic E-state index is 5.83. The predicted octanol–water partition coefficient (Wildman–Crippen LogP) is 2.15. The van der Waals surface area contributed by atoms with Crippen molar-refractivity contribution in [3.05, 3.63) is 33.8 Å². The number of nitrogens with zero attached hydrogens (tertiary/aromatic N) is 1. The molecule has 1 aromatic rings. The number of benzene rings is 1. The van der Waals surface area contributed by atoms with Gasteiger partial charge in [-0.2, -0.15) is 0 Å². The highest BCUT2D eigenvalue weighted by Gasteiger charge is 2.18. The van der Waals surface area contributed by atoms with Crippen LogP contribution >= 0.6 is 15.9 Å². The predicted molar refractivity (Wildman–Crippen MR) is 66.8 cm³/mol. The molecular formula is C12H17BrN2.